The molecule has 0 spiro atoms. The van der Waals surface area contributed by atoms with E-state index in [9.17, 15) is 4.39 Å². The van der Waals surface area contributed by atoms with Crippen LogP contribution in [0.3, 0.4) is 0 Å². The van der Waals surface area contributed by atoms with Crippen LogP contribution in [0.15, 0.2) is 24.3 Å². The zero-order valence-electron chi connectivity index (χ0n) is 9.38. The highest BCUT2D eigenvalue weighted by molar-refractivity contribution is 6.33. The van der Waals surface area contributed by atoms with Crippen molar-refractivity contribution < 1.29 is 19.1 Å². The van der Waals surface area contributed by atoms with Crippen LogP contribution in [0.4, 0.5) is 4.39 Å². The molecule has 1 aromatic carbocycles. The van der Waals surface area contributed by atoms with Crippen LogP contribution >= 0.6 is 0 Å². The maximum absolute atomic E-state index is 13.1. The normalized spacial score (nSPS) is 12.8. The first-order chi connectivity index (χ1) is 8.63. The standard InChI is InChI=1S/C11H10BFN2O3/c13-8-2-4-10-7(5-8)1-3-9-6-11(14-15(9)10)18-12(16)17/h2,4-6,16-17H,1,3H2. The van der Waals surface area contributed by atoms with Gasteiger partial charge in [0.1, 0.15) is 5.82 Å². The van der Waals surface area contributed by atoms with Gasteiger partial charge < -0.3 is 14.7 Å². The molecule has 1 aliphatic heterocycles. The summed E-state index contributed by atoms with van der Waals surface area (Å²) in [5.41, 5.74) is 2.56. The summed E-state index contributed by atoms with van der Waals surface area (Å²) < 4.78 is 19.5. The molecule has 1 aromatic heterocycles. The molecule has 2 N–H and O–H groups in total. The Kier molecular flexibility index (Phi) is 2.57. The van der Waals surface area contributed by atoms with Gasteiger partial charge in [-0.15, -0.1) is 5.10 Å². The van der Waals surface area contributed by atoms with E-state index in [2.05, 4.69) is 5.10 Å². The number of hydrogen-bond acceptors (Lipinski definition) is 4. The quantitative estimate of drug-likeness (QED) is 0.757. The van der Waals surface area contributed by atoms with Gasteiger partial charge in [-0.25, -0.2) is 9.07 Å². The van der Waals surface area contributed by atoms with E-state index in [0.717, 1.165) is 23.4 Å². The van der Waals surface area contributed by atoms with Crippen molar-refractivity contribution in [1.82, 2.24) is 9.78 Å². The van der Waals surface area contributed by atoms with E-state index in [4.69, 9.17) is 14.7 Å². The van der Waals surface area contributed by atoms with Gasteiger partial charge in [-0.1, -0.05) is 0 Å². The number of fused-ring (bicyclic) bond motifs is 3. The summed E-state index contributed by atoms with van der Waals surface area (Å²) in [5.74, 6) is -0.135. The molecule has 7 heteroatoms. The van der Waals surface area contributed by atoms with Gasteiger partial charge in [-0.05, 0) is 36.6 Å². The Morgan fingerprint density at radius 1 is 1.28 bits per heavy atom. The van der Waals surface area contributed by atoms with Gasteiger partial charge in [-0.3, -0.25) is 0 Å². The van der Waals surface area contributed by atoms with Gasteiger partial charge in [0.2, 0.25) is 5.88 Å². The van der Waals surface area contributed by atoms with E-state index < -0.39 is 7.32 Å². The molecule has 0 unspecified atom stereocenters. The molecule has 0 aliphatic carbocycles. The highest BCUT2D eigenvalue weighted by atomic mass is 19.1. The lowest BCUT2D eigenvalue weighted by Gasteiger charge is -2.17. The minimum absolute atomic E-state index is 0.136. The van der Waals surface area contributed by atoms with Gasteiger partial charge in [0.25, 0.3) is 0 Å². The summed E-state index contributed by atoms with van der Waals surface area (Å²) in [6.07, 6.45) is 1.42. The maximum Gasteiger partial charge on any atom is 0.708 e. The number of nitrogens with zero attached hydrogens (tertiary/aromatic N) is 2. The summed E-state index contributed by atoms with van der Waals surface area (Å²) in [6, 6.07) is 6.16. The summed E-state index contributed by atoms with van der Waals surface area (Å²) in [4.78, 5) is 0. The van der Waals surface area contributed by atoms with Crippen LogP contribution in [-0.2, 0) is 12.8 Å². The predicted octanol–water partition coefficient (Wildman–Crippen LogP) is 0.458. The van der Waals surface area contributed by atoms with E-state index in [1.807, 2.05) is 0 Å². The number of hydrogen-bond donors (Lipinski definition) is 2. The smallest absolute Gasteiger partial charge is 0.497 e. The van der Waals surface area contributed by atoms with Crippen LogP contribution in [0, 0.1) is 5.82 Å². The molecule has 0 saturated heterocycles. The number of aryl methyl sites for hydroxylation is 2. The Balaban J connectivity index is 2.04. The summed E-state index contributed by atoms with van der Waals surface area (Å²) in [7, 11) is -1.89. The van der Waals surface area contributed by atoms with Gasteiger partial charge in [0.15, 0.2) is 0 Å². The van der Waals surface area contributed by atoms with E-state index in [1.54, 1.807) is 16.8 Å². The Labute approximate surface area is 103 Å². The predicted molar refractivity (Wildman–Crippen MR) is 61.7 cm³/mol. The molecule has 18 heavy (non-hydrogen) atoms. The molecule has 5 nitrogen and oxygen atoms in total. The molecule has 2 aromatic rings. The van der Waals surface area contributed by atoms with Crippen LogP contribution < -0.4 is 4.65 Å². The van der Waals surface area contributed by atoms with E-state index in [0.29, 0.717) is 6.42 Å². The molecule has 3 rings (SSSR count). The van der Waals surface area contributed by atoms with Crippen molar-refractivity contribution >= 4 is 7.32 Å². The third kappa shape index (κ3) is 1.87. The lowest BCUT2D eigenvalue weighted by atomic mass is 10.0. The second kappa shape index (κ2) is 4.11. The number of aromatic nitrogens is 2. The van der Waals surface area contributed by atoms with Crippen molar-refractivity contribution in [1.29, 1.82) is 0 Å². The van der Waals surface area contributed by atoms with Crippen LogP contribution in [-0.4, -0.2) is 27.1 Å². The lowest BCUT2D eigenvalue weighted by Crippen LogP contribution is -2.21. The van der Waals surface area contributed by atoms with E-state index >= 15 is 0 Å². The zero-order valence-corrected chi connectivity index (χ0v) is 9.38. The fourth-order valence-electron chi connectivity index (χ4n) is 2.17. The Bertz CT molecular complexity index is 600. The monoisotopic (exact) mass is 248 g/mol. The van der Waals surface area contributed by atoms with Crippen LogP contribution in [0.1, 0.15) is 11.3 Å². The zero-order chi connectivity index (χ0) is 12.7. The topological polar surface area (TPSA) is 67.5 Å². The third-order valence-corrected chi connectivity index (χ3v) is 2.91. The Morgan fingerprint density at radius 3 is 2.89 bits per heavy atom. The summed E-state index contributed by atoms with van der Waals surface area (Å²) in [6.45, 7) is 0. The first kappa shape index (κ1) is 11.2. The van der Waals surface area contributed by atoms with E-state index in [-0.39, 0.29) is 11.7 Å². The summed E-state index contributed by atoms with van der Waals surface area (Å²) >= 11 is 0. The molecule has 0 fully saturated rings. The molecule has 2 heterocycles. The molecule has 0 atom stereocenters. The molecule has 92 valence electrons. The minimum atomic E-state index is -1.89. The van der Waals surface area contributed by atoms with Gasteiger partial charge >= 0.3 is 7.32 Å². The third-order valence-electron chi connectivity index (χ3n) is 2.91. The van der Waals surface area contributed by atoms with Crippen LogP contribution in [0.5, 0.6) is 5.88 Å². The second-order valence-corrected chi connectivity index (χ2v) is 4.10. The molecule has 0 amide bonds. The van der Waals surface area contributed by atoms with Gasteiger partial charge in [-0.2, -0.15) is 0 Å². The molecular formula is C11H10BFN2O3. The molecule has 0 bridgehead atoms. The number of rotatable bonds is 2. The van der Waals surface area contributed by atoms with Gasteiger partial charge in [0, 0.05) is 11.8 Å². The molecule has 0 saturated carbocycles. The maximum atomic E-state index is 13.1. The van der Waals surface area contributed by atoms with Crippen molar-refractivity contribution in [3.63, 3.8) is 0 Å². The fourth-order valence-corrected chi connectivity index (χ4v) is 2.17. The average molecular weight is 248 g/mol. The van der Waals surface area contributed by atoms with Crippen molar-refractivity contribution in [3.8, 4) is 11.6 Å². The van der Waals surface area contributed by atoms with Gasteiger partial charge in [0.05, 0.1) is 5.69 Å². The minimum Gasteiger partial charge on any atom is -0.497 e. The van der Waals surface area contributed by atoms with Crippen molar-refractivity contribution in [2.45, 2.75) is 12.8 Å². The summed E-state index contributed by atoms with van der Waals surface area (Å²) in [5, 5.41) is 21.6. The fraction of sp³-hybridized carbons (Fsp3) is 0.182. The highest BCUT2D eigenvalue weighted by Gasteiger charge is 2.21. The van der Waals surface area contributed by atoms with Crippen molar-refractivity contribution in [2.75, 3.05) is 0 Å². The van der Waals surface area contributed by atoms with E-state index in [1.165, 1.54) is 12.1 Å². The molecular weight excluding hydrogens is 238 g/mol. The Morgan fingerprint density at radius 2 is 2.11 bits per heavy atom. The molecule has 0 radical (unpaired) electrons. The first-order valence-corrected chi connectivity index (χ1v) is 5.54. The number of halogens is 1. The van der Waals surface area contributed by atoms with Crippen LogP contribution in [0.2, 0.25) is 0 Å². The second-order valence-electron chi connectivity index (χ2n) is 4.10. The first-order valence-electron chi connectivity index (χ1n) is 5.54. The highest BCUT2D eigenvalue weighted by Crippen LogP contribution is 2.27. The Hall–Kier alpha value is -1.86. The molecule has 1 aliphatic rings. The van der Waals surface area contributed by atoms with Crippen molar-refractivity contribution in [3.05, 3.63) is 41.3 Å². The average Bonchev–Trinajstić information content (AvgIpc) is 2.70. The number of benzene rings is 1. The lowest BCUT2D eigenvalue weighted by molar-refractivity contribution is 0.282. The SMILES string of the molecule is OB(O)Oc1cc2n(n1)-c1ccc(F)cc1CC2. The van der Waals surface area contributed by atoms with Crippen LogP contribution in [0.25, 0.3) is 5.69 Å². The largest absolute Gasteiger partial charge is 0.708 e. The van der Waals surface area contributed by atoms with Crippen molar-refractivity contribution in [2.24, 2.45) is 0 Å².